The fourth-order valence-corrected chi connectivity index (χ4v) is 5.10. The molecule has 2 atom stereocenters. The number of hydrogen-bond acceptors (Lipinski definition) is 5. The minimum absolute atomic E-state index is 0.00127. The van der Waals surface area contributed by atoms with Gasteiger partial charge < -0.3 is 10.1 Å². The van der Waals surface area contributed by atoms with Gasteiger partial charge in [-0.05, 0) is 44.0 Å². The first-order valence-electron chi connectivity index (χ1n) is 10.4. The van der Waals surface area contributed by atoms with Crippen molar-refractivity contribution in [2.24, 2.45) is 4.99 Å². The molecule has 6 nitrogen and oxygen atoms in total. The summed E-state index contributed by atoms with van der Waals surface area (Å²) >= 11 is 13.5. The van der Waals surface area contributed by atoms with E-state index >= 15 is 0 Å². The van der Waals surface area contributed by atoms with Gasteiger partial charge in [-0.25, -0.2) is 4.99 Å². The fraction of sp³-hybridized carbons (Fsp3) is 0.348. The number of amides is 2. The molecule has 0 radical (unpaired) electrons. The molecule has 168 valence electrons. The second-order valence-electron chi connectivity index (χ2n) is 7.77. The normalized spacial score (nSPS) is 22.0. The molecule has 2 fully saturated rings. The van der Waals surface area contributed by atoms with Gasteiger partial charge in [-0.3, -0.25) is 14.5 Å². The molecule has 0 aromatic heterocycles. The lowest BCUT2D eigenvalue weighted by atomic mass is 10.2. The SMILES string of the molecule is Cc1ccc(N=C2SC(CC(=O)Nc3cccc(Cl)c3Cl)C(=O)N2CC2CCCO2)cc1. The van der Waals surface area contributed by atoms with Crippen LogP contribution in [0.4, 0.5) is 11.4 Å². The second-order valence-corrected chi connectivity index (χ2v) is 9.73. The molecule has 1 N–H and O–H groups in total. The summed E-state index contributed by atoms with van der Waals surface area (Å²) in [6.45, 7) is 3.15. The maximum Gasteiger partial charge on any atom is 0.242 e. The fourth-order valence-electron chi connectivity index (χ4n) is 3.58. The van der Waals surface area contributed by atoms with E-state index in [9.17, 15) is 9.59 Å². The quantitative estimate of drug-likeness (QED) is 0.583. The van der Waals surface area contributed by atoms with E-state index in [1.54, 1.807) is 23.1 Å². The highest BCUT2D eigenvalue weighted by Crippen LogP contribution is 2.34. The Morgan fingerprint density at radius 2 is 2.03 bits per heavy atom. The molecular weight excluding hydrogens is 469 g/mol. The number of rotatable bonds is 6. The molecule has 2 aromatic rings. The number of anilines is 1. The van der Waals surface area contributed by atoms with Crippen LogP contribution in [0.5, 0.6) is 0 Å². The monoisotopic (exact) mass is 491 g/mol. The van der Waals surface area contributed by atoms with Crippen LogP contribution < -0.4 is 5.32 Å². The number of carbonyl (C=O) groups is 2. The number of halogens is 2. The topological polar surface area (TPSA) is 71.0 Å². The molecule has 4 rings (SSSR count). The molecule has 2 saturated heterocycles. The molecule has 32 heavy (non-hydrogen) atoms. The van der Waals surface area contributed by atoms with Crippen LogP contribution in [0.2, 0.25) is 10.0 Å². The van der Waals surface area contributed by atoms with E-state index in [2.05, 4.69) is 5.32 Å². The number of benzene rings is 2. The van der Waals surface area contributed by atoms with Crippen molar-refractivity contribution in [2.45, 2.75) is 37.5 Å². The molecule has 2 heterocycles. The number of aliphatic imine (C=N–C) groups is 1. The Balaban J connectivity index is 1.50. The van der Waals surface area contributed by atoms with Crippen LogP contribution in [0.3, 0.4) is 0 Å². The van der Waals surface area contributed by atoms with Gasteiger partial charge in [0.15, 0.2) is 5.17 Å². The van der Waals surface area contributed by atoms with Gasteiger partial charge in [-0.15, -0.1) is 0 Å². The predicted octanol–water partition coefficient (Wildman–Crippen LogP) is 5.44. The van der Waals surface area contributed by atoms with Gasteiger partial charge in [0, 0.05) is 13.0 Å². The van der Waals surface area contributed by atoms with Gasteiger partial charge in [-0.1, -0.05) is 58.7 Å². The van der Waals surface area contributed by atoms with E-state index in [-0.39, 0.29) is 29.4 Å². The summed E-state index contributed by atoms with van der Waals surface area (Å²) in [5.74, 6) is -0.447. The standard InChI is InChI=1S/C23H23Cl2N3O3S/c1-14-7-9-15(10-8-14)26-23-28(13-16-4-3-11-31-16)22(30)19(32-23)12-20(29)27-18-6-2-5-17(24)21(18)25/h2,5-10,16,19H,3-4,11-13H2,1H3,(H,27,29). The minimum Gasteiger partial charge on any atom is -0.376 e. The highest BCUT2D eigenvalue weighted by atomic mass is 35.5. The third-order valence-electron chi connectivity index (χ3n) is 5.29. The Bertz CT molecular complexity index is 1040. The van der Waals surface area contributed by atoms with Gasteiger partial charge in [0.2, 0.25) is 11.8 Å². The lowest BCUT2D eigenvalue weighted by molar-refractivity contribution is -0.129. The largest absolute Gasteiger partial charge is 0.376 e. The zero-order valence-corrected chi connectivity index (χ0v) is 19.8. The van der Waals surface area contributed by atoms with Crippen LogP contribution in [0, 0.1) is 6.92 Å². The first-order chi connectivity index (χ1) is 15.4. The molecule has 0 aliphatic carbocycles. The van der Waals surface area contributed by atoms with E-state index in [0.717, 1.165) is 24.1 Å². The van der Waals surface area contributed by atoms with E-state index in [4.69, 9.17) is 32.9 Å². The first-order valence-corrected chi connectivity index (χ1v) is 12.0. The molecule has 9 heteroatoms. The summed E-state index contributed by atoms with van der Waals surface area (Å²) in [5.41, 5.74) is 2.32. The van der Waals surface area contributed by atoms with Crippen molar-refractivity contribution in [1.29, 1.82) is 0 Å². The Morgan fingerprint density at radius 1 is 1.25 bits per heavy atom. The maximum absolute atomic E-state index is 13.2. The first kappa shape index (κ1) is 23.1. The Hall–Kier alpha value is -2.06. The van der Waals surface area contributed by atoms with Gasteiger partial charge in [0.05, 0.1) is 34.1 Å². The van der Waals surface area contributed by atoms with Gasteiger partial charge >= 0.3 is 0 Å². The van der Waals surface area contributed by atoms with Crippen LogP contribution >= 0.6 is 35.0 Å². The third kappa shape index (κ3) is 5.46. The number of thioether (sulfide) groups is 1. The Kier molecular flexibility index (Phi) is 7.40. The Labute approximate surface area is 201 Å². The average Bonchev–Trinajstić information content (AvgIpc) is 3.37. The molecule has 0 bridgehead atoms. The van der Waals surface area contributed by atoms with Crippen molar-refractivity contribution in [3.63, 3.8) is 0 Å². The lowest BCUT2D eigenvalue weighted by Gasteiger charge is -2.20. The summed E-state index contributed by atoms with van der Waals surface area (Å²) in [4.78, 5) is 32.2. The molecule has 0 saturated carbocycles. The van der Waals surface area contributed by atoms with Crippen molar-refractivity contribution in [1.82, 2.24) is 4.90 Å². The highest BCUT2D eigenvalue weighted by molar-refractivity contribution is 8.15. The number of nitrogens with zero attached hydrogens (tertiary/aromatic N) is 2. The highest BCUT2D eigenvalue weighted by Gasteiger charge is 2.40. The van der Waals surface area contributed by atoms with E-state index in [0.29, 0.717) is 29.0 Å². The van der Waals surface area contributed by atoms with Crippen LogP contribution in [0.15, 0.2) is 47.5 Å². The van der Waals surface area contributed by atoms with Crippen molar-refractivity contribution < 1.29 is 14.3 Å². The van der Waals surface area contributed by atoms with Gasteiger partial charge in [0.1, 0.15) is 5.25 Å². The van der Waals surface area contributed by atoms with Crippen molar-refractivity contribution >= 4 is 63.3 Å². The zero-order valence-electron chi connectivity index (χ0n) is 17.5. The number of ether oxygens (including phenoxy) is 1. The van der Waals surface area contributed by atoms with Crippen molar-refractivity contribution in [3.8, 4) is 0 Å². The molecular formula is C23H23Cl2N3O3S. The number of hydrogen-bond donors (Lipinski definition) is 1. The molecule has 2 amide bonds. The van der Waals surface area contributed by atoms with Crippen molar-refractivity contribution in [2.75, 3.05) is 18.5 Å². The number of nitrogens with one attached hydrogen (secondary N) is 1. The summed E-state index contributed by atoms with van der Waals surface area (Å²) in [7, 11) is 0. The van der Waals surface area contributed by atoms with Crippen LogP contribution in [0.1, 0.15) is 24.8 Å². The van der Waals surface area contributed by atoms with Crippen LogP contribution in [0.25, 0.3) is 0 Å². The summed E-state index contributed by atoms with van der Waals surface area (Å²) in [6.07, 6.45) is 1.88. The van der Waals surface area contributed by atoms with Gasteiger partial charge in [-0.2, -0.15) is 0 Å². The second kappa shape index (κ2) is 10.3. The van der Waals surface area contributed by atoms with E-state index < -0.39 is 5.25 Å². The van der Waals surface area contributed by atoms with Crippen molar-refractivity contribution in [3.05, 3.63) is 58.1 Å². The number of carbonyl (C=O) groups excluding carboxylic acids is 2. The molecule has 0 spiro atoms. The van der Waals surface area contributed by atoms with E-state index in [1.165, 1.54) is 11.8 Å². The zero-order chi connectivity index (χ0) is 22.7. The maximum atomic E-state index is 13.2. The average molecular weight is 492 g/mol. The predicted molar refractivity (Wildman–Crippen MR) is 130 cm³/mol. The Morgan fingerprint density at radius 3 is 2.75 bits per heavy atom. The summed E-state index contributed by atoms with van der Waals surface area (Å²) < 4.78 is 5.73. The lowest BCUT2D eigenvalue weighted by Crippen LogP contribution is -2.38. The number of aryl methyl sites for hydroxylation is 1. The summed E-state index contributed by atoms with van der Waals surface area (Å²) in [5, 5.41) is 3.40. The minimum atomic E-state index is -0.571. The van der Waals surface area contributed by atoms with E-state index in [1.807, 2.05) is 31.2 Å². The molecule has 2 aromatic carbocycles. The van der Waals surface area contributed by atoms with Crippen LogP contribution in [-0.4, -0.2) is 46.4 Å². The third-order valence-corrected chi connectivity index (χ3v) is 7.28. The molecule has 2 unspecified atom stereocenters. The molecule has 2 aliphatic rings. The van der Waals surface area contributed by atoms with Crippen LogP contribution in [-0.2, 0) is 14.3 Å². The smallest absolute Gasteiger partial charge is 0.242 e. The van der Waals surface area contributed by atoms with Gasteiger partial charge in [0.25, 0.3) is 0 Å². The number of amidine groups is 1. The molecule has 2 aliphatic heterocycles. The summed E-state index contributed by atoms with van der Waals surface area (Å²) in [6, 6.07) is 12.8.